The molecule has 1 heterocycles. The molecule has 54 valence electrons. The molecule has 2 unspecified atom stereocenters. The van der Waals surface area contributed by atoms with Crippen molar-refractivity contribution in [3.63, 3.8) is 0 Å². The summed E-state index contributed by atoms with van der Waals surface area (Å²) in [5.41, 5.74) is 0. The first-order chi connectivity index (χ1) is 4.19. The normalized spacial score (nSPS) is 43.7. The molecule has 0 spiro atoms. The van der Waals surface area contributed by atoms with Crippen molar-refractivity contribution in [3.8, 4) is 0 Å². The Balaban J connectivity index is 2.56. The molecule has 1 aliphatic heterocycles. The molecule has 0 bridgehead atoms. The van der Waals surface area contributed by atoms with E-state index in [1.165, 1.54) is 0 Å². The average molecular weight is 131 g/mol. The molecule has 1 aliphatic rings. The Kier molecular flexibility index (Phi) is 1.75. The Labute approximate surface area is 55.1 Å². The van der Waals surface area contributed by atoms with Gasteiger partial charge in [-0.2, -0.15) is 0 Å². The van der Waals surface area contributed by atoms with Gasteiger partial charge in [-0.25, -0.2) is 0 Å². The smallest absolute Gasteiger partial charge is 0.190 e. The zero-order valence-corrected chi connectivity index (χ0v) is 5.71. The average Bonchev–Trinajstić information content (AvgIpc) is 2.15. The van der Waals surface area contributed by atoms with Gasteiger partial charge in [0.2, 0.25) is 0 Å². The fourth-order valence-electron chi connectivity index (χ4n) is 1.29. The van der Waals surface area contributed by atoms with Crippen LogP contribution in [-0.4, -0.2) is 29.1 Å². The predicted octanol–water partition coefficient (Wildman–Crippen LogP) is 0.433. The largest absolute Gasteiger partial charge is 0.631 e. The number of likely N-dealkylation sites (tertiary alicyclic amines) is 1. The standard InChI is InChI=1S/C6H13NO2/c1-2-7(9)5-3-4-6(7)8/h6,8H,2-5H2,1H3. The van der Waals surface area contributed by atoms with Crippen LogP contribution in [0.15, 0.2) is 0 Å². The van der Waals surface area contributed by atoms with E-state index >= 15 is 0 Å². The highest BCUT2D eigenvalue weighted by molar-refractivity contribution is 4.57. The van der Waals surface area contributed by atoms with Gasteiger partial charge >= 0.3 is 0 Å². The first-order valence-electron chi connectivity index (χ1n) is 3.45. The van der Waals surface area contributed by atoms with E-state index in [-0.39, 0.29) is 4.65 Å². The Morgan fingerprint density at radius 3 is 2.67 bits per heavy atom. The molecule has 1 saturated heterocycles. The maximum absolute atomic E-state index is 11.3. The number of hydrogen-bond donors (Lipinski definition) is 1. The second-order valence-electron chi connectivity index (χ2n) is 2.62. The number of rotatable bonds is 1. The summed E-state index contributed by atoms with van der Waals surface area (Å²) in [5, 5.41) is 20.4. The van der Waals surface area contributed by atoms with E-state index in [1.807, 2.05) is 6.92 Å². The summed E-state index contributed by atoms with van der Waals surface area (Å²) in [5.74, 6) is 0. The van der Waals surface area contributed by atoms with Crippen molar-refractivity contribution in [2.75, 3.05) is 13.1 Å². The molecule has 0 saturated carbocycles. The minimum absolute atomic E-state index is 0.389. The monoisotopic (exact) mass is 131 g/mol. The molecule has 1 fully saturated rings. The van der Waals surface area contributed by atoms with Gasteiger partial charge in [-0.1, -0.05) is 0 Å². The van der Waals surface area contributed by atoms with Gasteiger partial charge in [0.1, 0.15) is 0 Å². The van der Waals surface area contributed by atoms with Crippen molar-refractivity contribution >= 4 is 0 Å². The maximum Gasteiger partial charge on any atom is 0.190 e. The Morgan fingerprint density at radius 2 is 2.44 bits per heavy atom. The van der Waals surface area contributed by atoms with Gasteiger partial charge < -0.3 is 15.0 Å². The third-order valence-corrected chi connectivity index (χ3v) is 2.08. The van der Waals surface area contributed by atoms with Crippen LogP contribution in [0, 0.1) is 5.21 Å². The van der Waals surface area contributed by atoms with E-state index in [0.717, 1.165) is 6.42 Å². The highest BCUT2D eigenvalue weighted by atomic mass is 16.6. The first-order valence-corrected chi connectivity index (χ1v) is 3.45. The zero-order valence-electron chi connectivity index (χ0n) is 5.71. The highest BCUT2D eigenvalue weighted by Crippen LogP contribution is 2.22. The molecule has 0 aliphatic carbocycles. The summed E-state index contributed by atoms with van der Waals surface area (Å²) in [6.07, 6.45) is 0.908. The topological polar surface area (TPSA) is 43.3 Å². The number of nitrogens with zero attached hydrogens (tertiary/aromatic N) is 1. The van der Waals surface area contributed by atoms with Crippen LogP contribution in [0.2, 0.25) is 0 Å². The van der Waals surface area contributed by atoms with Gasteiger partial charge in [-0.15, -0.1) is 0 Å². The molecule has 9 heavy (non-hydrogen) atoms. The van der Waals surface area contributed by atoms with Crippen molar-refractivity contribution in [2.45, 2.75) is 26.0 Å². The number of aliphatic hydroxyl groups is 1. The third kappa shape index (κ3) is 1.08. The number of hydroxylamine groups is 3. The Morgan fingerprint density at radius 1 is 1.78 bits per heavy atom. The minimum Gasteiger partial charge on any atom is -0.631 e. The van der Waals surface area contributed by atoms with Gasteiger partial charge in [0.15, 0.2) is 6.23 Å². The molecule has 0 radical (unpaired) electrons. The van der Waals surface area contributed by atoms with Crippen LogP contribution in [-0.2, 0) is 0 Å². The van der Waals surface area contributed by atoms with Crippen molar-refractivity contribution in [3.05, 3.63) is 5.21 Å². The van der Waals surface area contributed by atoms with Crippen LogP contribution >= 0.6 is 0 Å². The SMILES string of the molecule is CC[N+]1([O-])CCCC1O. The molecule has 0 aromatic rings. The molecule has 2 atom stereocenters. The van der Waals surface area contributed by atoms with Crippen molar-refractivity contribution < 1.29 is 9.75 Å². The highest BCUT2D eigenvalue weighted by Gasteiger charge is 2.30. The van der Waals surface area contributed by atoms with Crippen LogP contribution in [0.5, 0.6) is 0 Å². The van der Waals surface area contributed by atoms with Crippen LogP contribution in [0.3, 0.4) is 0 Å². The quantitative estimate of drug-likeness (QED) is 0.414. The third-order valence-electron chi connectivity index (χ3n) is 2.08. The van der Waals surface area contributed by atoms with Gasteiger partial charge in [0.05, 0.1) is 13.1 Å². The van der Waals surface area contributed by atoms with E-state index < -0.39 is 6.23 Å². The Bertz CT molecular complexity index is 107. The van der Waals surface area contributed by atoms with E-state index in [9.17, 15) is 5.21 Å². The molecule has 3 nitrogen and oxygen atoms in total. The molecule has 1 rings (SSSR count). The summed E-state index contributed by atoms with van der Waals surface area (Å²) in [6, 6.07) is 0. The second kappa shape index (κ2) is 2.25. The fraction of sp³-hybridized carbons (Fsp3) is 1.00. The van der Waals surface area contributed by atoms with Crippen molar-refractivity contribution in [1.29, 1.82) is 0 Å². The molecule has 0 aromatic heterocycles. The number of hydrogen-bond acceptors (Lipinski definition) is 2. The minimum atomic E-state index is -0.644. The Hall–Kier alpha value is -0.120. The number of aliphatic hydroxyl groups excluding tert-OH is 1. The van der Waals surface area contributed by atoms with Crippen LogP contribution in [0.4, 0.5) is 0 Å². The molecule has 1 N–H and O–H groups in total. The summed E-state index contributed by atoms with van der Waals surface area (Å²) in [4.78, 5) is 0. The van der Waals surface area contributed by atoms with Gasteiger partial charge in [-0.3, -0.25) is 0 Å². The lowest BCUT2D eigenvalue weighted by atomic mass is 10.4. The van der Waals surface area contributed by atoms with Crippen molar-refractivity contribution in [1.82, 2.24) is 0 Å². The van der Waals surface area contributed by atoms with Crippen LogP contribution in [0.1, 0.15) is 19.8 Å². The van der Waals surface area contributed by atoms with E-state index in [4.69, 9.17) is 5.11 Å². The lowest BCUT2D eigenvalue weighted by molar-refractivity contribution is -0.912. The van der Waals surface area contributed by atoms with Gasteiger partial charge in [0.25, 0.3) is 0 Å². The maximum atomic E-state index is 11.3. The first kappa shape index (κ1) is 6.99. The predicted molar refractivity (Wildman–Crippen MR) is 34.3 cm³/mol. The lowest BCUT2D eigenvalue weighted by Gasteiger charge is -2.40. The van der Waals surface area contributed by atoms with Gasteiger partial charge in [-0.05, 0) is 6.92 Å². The van der Waals surface area contributed by atoms with E-state index in [2.05, 4.69) is 0 Å². The second-order valence-corrected chi connectivity index (χ2v) is 2.62. The molecule has 0 amide bonds. The lowest BCUT2D eigenvalue weighted by Crippen LogP contribution is -2.45. The molecular formula is C6H13NO2. The van der Waals surface area contributed by atoms with E-state index in [0.29, 0.717) is 19.5 Å². The van der Waals surface area contributed by atoms with Gasteiger partial charge in [0, 0.05) is 12.8 Å². The zero-order chi connectivity index (χ0) is 6.91. The number of quaternary nitrogens is 1. The summed E-state index contributed by atoms with van der Waals surface area (Å²) in [6.45, 7) is 2.92. The van der Waals surface area contributed by atoms with Crippen LogP contribution in [0.25, 0.3) is 0 Å². The summed E-state index contributed by atoms with van der Waals surface area (Å²) < 4.78 is -0.389. The molecule has 3 heteroatoms. The fourth-order valence-corrected chi connectivity index (χ4v) is 1.29. The van der Waals surface area contributed by atoms with E-state index in [1.54, 1.807) is 0 Å². The van der Waals surface area contributed by atoms with Crippen LogP contribution < -0.4 is 0 Å². The molecule has 0 aromatic carbocycles. The summed E-state index contributed by atoms with van der Waals surface area (Å²) in [7, 11) is 0. The van der Waals surface area contributed by atoms with Crippen molar-refractivity contribution in [2.24, 2.45) is 0 Å². The summed E-state index contributed by atoms with van der Waals surface area (Å²) >= 11 is 0. The molecular weight excluding hydrogens is 118 g/mol.